The van der Waals surface area contributed by atoms with Gasteiger partial charge in [0.15, 0.2) is 0 Å². The quantitative estimate of drug-likeness (QED) is 0.130. The van der Waals surface area contributed by atoms with Gasteiger partial charge in [-0.3, -0.25) is 0 Å². The molecule has 0 aromatic carbocycles. The molecule has 0 N–H and O–H groups in total. The summed E-state index contributed by atoms with van der Waals surface area (Å²) in [6, 6.07) is 0. The fourth-order valence-electron chi connectivity index (χ4n) is 3.80. The van der Waals surface area contributed by atoms with E-state index in [1.165, 1.54) is 122 Å². The van der Waals surface area contributed by atoms with Crippen LogP contribution in [0.25, 0.3) is 0 Å². The molecular formula is C27H52. The zero-order valence-corrected chi connectivity index (χ0v) is 19.0. The van der Waals surface area contributed by atoms with E-state index in [0.717, 1.165) is 18.8 Å². The van der Waals surface area contributed by atoms with Gasteiger partial charge in [0.25, 0.3) is 0 Å². The standard InChI is InChI=1S/C27H52/c1-4-6-8-10-12-13-14-15-16-17-18-20-22-24-26-27(3)25-23-21-19-11-9-7-5-2/h24,26-27H,1-2,4-23,25H2,3H3. The normalized spacial score (nSPS) is 12.9. The van der Waals surface area contributed by atoms with E-state index in [4.69, 9.17) is 0 Å². The molecule has 0 aromatic heterocycles. The molecule has 0 rings (SSSR count). The monoisotopic (exact) mass is 376 g/mol. The molecule has 1 unspecified atom stereocenters. The van der Waals surface area contributed by atoms with Gasteiger partial charge in [-0.2, -0.15) is 0 Å². The molecule has 0 spiro atoms. The highest BCUT2D eigenvalue weighted by atomic mass is 14.0. The van der Waals surface area contributed by atoms with Crippen molar-refractivity contribution < 1.29 is 0 Å². The highest BCUT2D eigenvalue weighted by molar-refractivity contribution is 4.86. The van der Waals surface area contributed by atoms with Crippen molar-refractivity contribution >= 4 is 0 Å². The number of hydrogen-bond donors (Lipinski definition) is 0. The molecule has 0 heteroatoms. The summed E-state index contributed by atoms with van der Waals surface area (Å²) in [4.78, 5) is 0. The Morgan fingerprint density at radius 2 is 0.889 bits per heavy atom. The van der Waals surface area contributed by atoms with Crippen LogP contribution in [0.15, 0.2) is 12.2 Å². The first-order chi connectivity index (χ1) is 13.3. The molecule has 1 atom stereocenters. The molecule has 0 bridgehead atoms. The lowest BCUT2D eigenvalue weighted by molar-refractivity contribution is 0.537. The third-order valence-electron chi connectivity index (χ3n) is 5.74. The lowest BCUT2D eigenvalue weighted by atomic mass is 10.0. The minimum absolute atomic E-state index is 0.776. The number of rotatable bonds is 22. The van der Waals surface area contributed by atoms with E-state index in [9.17, 15) is 0 Å². The minimum Gasteiger partial charge on any atom is -0.0883 e. The van der Waals surface area contributed by atoms with Crippen molar-refractivity contribution in [3.05, 3.63) is 26.0 Å². The third kappa shape index (κ3) is 23.7. The van der Waals surface area contributed by atoms with Crippen LogP contribution in [0.3, 0.4) is 0 Å². The van der Waals surface area contributed by atoms with Crippen molar-refractivity contribution in [1.82, 2.24) is 0 Å². The molecule has 0 aromatic rings. The van der Waals surface area contributed by atoms with E-state index in [2.05, 4.69) is 32.9 Å². The molecule has 0 nitrogen and oxygen atoms in total. The van der Waals surface area contributed by atoms with Crippen LogP contribution in [-0.4, -0.2) is 0 Å². The predicted molar refractivity (Wildman–Crippen MR) is 126 cm³/mol. The number of hydrogen-bond acceptors (Lipinski definition) is 0. The van der Waals surface area contributed by atoms with Crippen LogP contribution in [-0.2, 0) is 0 Å². The zero-order chi connectivity index (χ0) is 19.8. The van der Waals surface area contributed by atoms with Crippen LogP contribution in [0.5, 0.6) is 0 Å². The average Bonchev–Trinajstić information content (AvgIpc) is 2.67. The summed E-state index contributed by atoms with van der Waals surface area (Å²) < 4.78 is 0. The minimum atomic E-state index is 0.776. The first-order valence-corrected chi connectivity index (χ1v) is 12.6. The van der Waals surface area contributed by atoms with E-state index in [-0.39, 0.29) is 0 Å². The van der Waals surface area contributed by atoms with Crippen molar-refractivity contribution in [3.63, 3.8) is 0 Å². The Morgan fingerprint density at radius 1 is 0.519 bits per heavy atom. The van der Waals surface area contributed by atoms with Crippen LogP contribution in [0, 0.1) is 19.8 Å². The summed E-state index contributed by atoms with van der Waals surface area (Å²) in [6.45, 7) is 10.2. The fraction of sp³-hybridized carbons (Fsp3) is 0.852. The Bertz CT molecular complexity index is 278. The first-order valence-electron chi connectivity index (χ1n) is 12.6. The highest BCUT2D eigenvalue weighted by Gasteiger charge is 1.98. The van der Waals surface area contributed by atoms with Gasteiger partial charge in [-0.05, 0) is 25.2 Å². The molecule has 0 aliphatic heterocycles. The molecule has 0 aliphatic carbocycles. The molecule has 0 aliphatic rings. The van der Waals surface area contributed by atoms with Gasteiger partial charge in [-0.1, -0.05) is 148 Å². The van der Waals surface area contributed by atoms with E-state index in [1.807, 2.05) is 0 Å². The van der Waals surface area contributed by atoms with Crippen LogP contribution >= 0.6 is 0 Å². The second-order valence-electron chi connectivity index (χ2n) is 8.70. The van der Waals surface area contributed by atoms with E-state index >= 15 is 0 Å². The largest absolute Gasteiger partial charge is 0.0883 e. The Labute approximate surface area is 174 Å². The van der Waals surface area contributed by atoms with Gasteiger partial charge in [0.2, 0.25) is 0 Å². The van der Waals surface area contributed by atoms with Crippen LogP contribution in [0.4, 0.5) is 0 Å². The smallest absolute Gasteiger partial charge is 0.0262 e. The van der Waals surface area contributed by atoms with Crippen LogP contribution in [0.2, 0.25) is 0 Å². The molecule has 27 heavy (non-hydrogen) atoms. The maximum Gasteiger partial charge on any atom is -0.0262 e. The molecule has 0 fully saturated rings. The number of unbranched alkanes of at least 4 members (excludes halogenated alkanes) is 18. The molecule has 0 heterocycles. The van der Waals surface area contributed by atoms with Crippen molar-refractivity contribution in [1.29, 1.82) is 0 Å². The van der Waals surface area contributed by atoms with Gasteiger partial charge in [-0.15, -0.1) is 0 Å². The van der Waals surface area contributed by atoms with Gasteiger partial charge < -0.3 is 0 Å². The topological polar surface area (TPSA) is 0 Å². The third-order valence-corrected chi connectivity index (χ3v) is 5.74. The molecule has 2 radical (unpaired) electrons. The second-order valence-corrected chi connectivity index (χ2v) is 8.70. The summed E-state index contributed by atoms with van der Waals surface area (Å²) in [5.74, 6) is 0.776. The van der Waals surface area contributed by atoms with E-state index < -0.39 is 0 Å². The maximum atomic E-state index is 3.91. The molecule has 0 saturated carbocycles. The Kier molecular flexibility index (Phi) is 23.5. The summed E-state index contributed by atoms with van der Waals surface area (Å²) in [6.07, 6.45) is 33.9. The number of allylic oxidation sites excluding steroid dienone is 2. The van der Waals surface area contributed by atoms with Crippen LogP contribution in [0.1, 0.15) is 142 Å². The molecular weight excluding hydrogens is 324 g/mol. The SMILES string of the molecule is [CH2]CCCCCCCCCCCCCC=CC(C)CCCCCCCC[CH2]. The second kappa shape index (κ2) is 23.8. The van der Waals surface area contributed by atoms with Gasteiger partial charge in [0.05, 0.1) is 0 Å². The fourth-order valence-corrected chi connectivity index (χ4v) is 3.80. The first kappa shape index (κ1) is 26.7. The van der Waals surface area contributed by atoms with Gasteiger partial charge in [0, 0.05) is 0 Å². The molecule has 0 saturated heterocycles. The van der Waals surface area contributed by atoms with Gasteiger partial charge in [0.1, 0.15) is 0 Å². The lowest BCUT2D eigenvalue weighted by Gasteiger charge is -2.06. The molecule has 160 valence electrons. The lowest BCUT2D eigenvalue weighted by Crippen LogP contribution is -1.90. The summed E-state index contributed by atoms with van der Waals surface area (Å²) >= 11 is 0. The van der Waals surface area contributed by atoms with E-state index in [1.54, 1.807) is 0 Å². The van der Waals surface area contributed by atoms with Crippen molar-refractivity contribution in [2.75, 3.05) is 0 Å². The van der Waals surface area contributed by atoms with Crippen molar-refractivity contribution in [2.45, 2.75) is 142 Å². The summed E-state index contributed by atoms with van der Waals surface area (Å²) in [5, 5.41) is 0. The zero-order valence-electron chi connectivity index (χ0n) is 19.0. The van der Waals surface area contributed by atoms with E-state index in [0.29, 0.717) is 0 Å². The Morgan fingerprint density at radius 3 is 1.33 bits per heavy atom. The summed E-state index contributed by atoms with van der Waals surface area (Å²) in [7, 11) is 0. The summed E-state index contributed by atoms with van der Waals surface area (Å²) in [5.41, 5.74) is 0. The average molecular weight is 377 g/mol. The molecule has 0 amide bonds. The van der Waals surface area contributed by atoms with Gasteiger partial charge in [-0.25, -0.2) is 0 Å². The van der Waals surface area contributed by atoms with Crippen molar-refractivity contribution in [2.24, 2.45) is 5.92 Å². The Balaban J connectivity index is 3.20. The van der Waals surface area contributed by atoms with Gasteiger partial charge >= 0.3 is 0 Å². The Hall–Kier alpha value is -0.260. The van der Waals surface area contributed by atoms with Crippen molar-refractivity contribution in [3.8, 4) is 0 Å². The predicted octanol–water partition coefficient (Wildman–Crippen LogP) is 10.0. The van der Waals surface area contributed by atoms with Crippen LogP contribution < -0.4 is 0 Å². The highest BCUT2D eigenvalue weighted by Crippen LogP contribution is 2.15. The maximum absolute atomic E-state index is 3.91.